The largest absolute Gasteiger partial charge is 0.311 e. The molecule has 0 fully saturated rings. The molecular weight excluding hydrogens is 633 g/mol. The zero-order valence-electron chi connectivity index (χ0n) is 28.8. The van der Waals surface area contributed by atoms with Crippen LogP contribution >= 0.6 is 0 Å². The Kier molecular flexibility index (Phi) is 8.72. The van der Waals surface area contributed by atoms with Crippen molar-refractivity contribution in [2.45, 2.75) is 0 Å². The van der Waals surface area contributed by atoms with E-state index in [1.54, 1.807) is 9.13 Å². The Morgan fingerprint density at radius 2 is 0.407 bits per heavy atom. The van der Waals surface area contributed by atoms with E-state index in [1.165, 1.54) is 0 Å². The Bertz CT molecular complexity index is 2620. The molecule has 0 unspecified atom stereocenters. The van der Waals surface area contributed by atoms with Gasteiger partial charge in [0.25, 0.3) is 0 Å². The molecule has 32 radical (unpaired) electrons. The summed E-state index contributed by atoms with van der Waals surface area (Å²) in [6.45, 7) is 0. The zero-order valence-corrected chi connectivity index (χ0v) is 28.8. The fourth-order valence-corrected chi connectivity index (χ4v) is 7.55. The van der Waals surface area contributed by atoms with Crippen LogP contribution in [0, 0.1) is 0 Å². The maximum atomic E-state index is 6.59. The van der Waals surface area contributed by atoms with Crippen LogP contribution in [0.4, 0.5) is 0 Å². The van der Waals surface area contributed by atoms with Crippen molar-refractivity contribution in [2.24, 2.45) is 0 Å². The number of aromatic nitrogens is 2. The van der Waals surface area contributed by atoms with Gasteiger partial charge in [-0.2, -0.15) is 0 Å². The minimum atomic E-state index is 0.115. The van der Waals surface area contributed by atoms with Gasteiger partial charge >= 0.3 is 0 Å². The van der Waals surface area contributed by atoms with Crippen molar-refractivity contribution in [1.29, 1.82) is 0 Å². The number of hydrogen-bond donors (Lipinski definition) is 0. The average Bonchev–Trinajstić information content (AvgIpc) is 3.73. The summed E-state index contributed by atoms with van der Waals surface area (Å²) in [5.74, 6) is 0. The van der Waals surface area contributed by atoms with Gasteiger partial charge < -0.3 is 9.13 Å². The number of nitrogens with zero attached hydrogens (tertiary/aromatic N) is 2. The Hall–Kier alpha value is -4.04. The molecule has 2 nitrogen and oxygen atoms in total. The standard InChI is InChI=1S/C36H8B16N2/c37-17-13-14-18(38)22(42)26(46)30(50)34(14)53(33(13)29(49)25(45)21(17)41)11-5-1-9(2-6-11)10-3-7-12(8-4-10)54-35-15(19(39)23(43)27(47)31(35)51)16-20(40)24(44)28(48)32(52)36(16)54/h1-8H. The summed E-state index contributed by atoms with van der Waals surface area (Å²) in [5.41, 5.74) is 7.25. The molecule has 0 amide bonds. The second kappa shape index (κ2) is 12.8. The molecular formula is C36H8B16N2. The minimum Gasteiger partial charge on any atom is -0.311 e. The number of rotatable bonds is 3. The molecule has 8 aromatic rings. The fraction of sp³-hybridized carbons (Fsp3) is 0. The quantitative estimate of drug-likeness (QED) is 0.170. The van der Waals surface area contributed by atoms with Crippen LogP contribution in [-0.4, -0.2) is 135 Å². The van der Waals surface area contributed by atoms with Crippen LogP contribution in [0.5, 0.6) is 0 Å². The number of hydrogen-bond acceptors (Lipinski definition) is 0. The van der Waals surface area contributed by atoms with E-state index in [9.17, 15) is 0 Å². The zero-order chi connectivity index (χ0) is 39.0. The topological polar surface area (TPSA) is 9.86 Å². The number of fused-ring (bicyclic) bond motifs is 6. The maximum absolute atomic E-state index is 6.59. The highest BCUT2D eigenvalue weighted by atomic mass is 15.0. The van der Waals surface area contributed by atoms with E-state index in [4.69, 9.17) is 126 Å². The van der Waals surface area contributed by atoms with E-state index < -0.39 is 0 Å². The lowest BCUT2D eigenvalue weighted by molar-refractivity contribution is 1.19. The van der Waals surface area contributed by atoms with Gasteiger partial charge in [0.2, 0.25) is 0 Å². The normalized spacial score (nSPS) is 11.8. The SMILES string of the molecule is [B]c1c([B])c([B])c2c(c1[B])c1c([B])c([B])c([B])c([B])c1n2-c1ccc(-c2ccc(-n3c4c([B])c([B])c([B])c([B])c4c4c([B])c([B])c([B])c([B])c43)cc2)cc1. The van der Waals surface area contributed by atoms with Crippen LogP contribution in [0.15, 0.2) is 48.5 Å². The summed E-state index contributed by atoms with van der Waals surface area (Å²) in [4.78, 5) is 0. The summed E-state index contributed by atoms with van der Waals surface area (Å²) in [6.07, 6.45) is 0. The molecule has 210 valence electrons. The van der Waals surface area contributed by atoms with Gasteiger partial charge in [-0.05, 0) is 56.9 Å². The molecule has 0 saturated heterocycles. The lowest BCUT2D eigenvalue weighted by Crippen LogP contribution is -2.49. The first kappa shape index (κ1) is 36.9. The lowest BCUT2D eigenvalue weighted by Gasteiger charge is -2.18. The highest BCUT2D eigenvalue weighted by molar-refractivity contribution is 6.73. The lowest BCUT2D eigenvalue weighted by atomic mass is 9.63. The molecule has 8 rings (SSSR count). The third-order valence-corrected chi connectivity index (χ3v) is 10.5. The van der Waals surface area contributed by atoms with Crippen molar-refractivity contribution in [1.82, 2.24) is 9.13 Å². The van der Waals surface area contributed by atoms with Crippen LogP contribution in [0.3, 0.4) is 0 Å². The molecule has 6 aromatic carbocycles. The molecule has 18 heteroatoms. The Morgan fingerprint density at radius 3 is 0.611 bits per heavy atom. The van der Waals surface area contributed by atoms with Crippen LogP contribution < -0.4 is 87.4 Å². The smallest absolute Gasteiger partial charge is 0.115 e. The molecule has 0 saturated carbocycles. The average molecular weight is 641 g/mol. The Balaban J connectivity index is 1.31. The van der Waals surface area contributed by atoms with Gasteiger partial charge in [0.1, 0.15) is 126 Å². The van der Waals surface area contributed by atoms with E-state index in [-0.39, 0.29) is 87.4 Å². The van der Waals surface area contributed by atoms with Crippen LogP contribution in [0.25, 0.3) is 66.1 Å². The molecule has 0 spiro atoms. The van der Waals surface area contributed by atoms with Gasteiger partial charge in [-0.25, -0.2) is 0 Å². The maximum Gasteiger partial charge on any atom is 0.115 e. The van der Waals surface area contributed by atoms with E-state index >= 15 is 0 Å². The predicted octanol–water partition coefficient (Wildman–Crippen LogP) is -9.75. The first-order chi connectivity index (χ1) is 25.5. The highest BCUT2D eigenvalue weighted by Crippen LogP contribution is 2.31. The van der Waals surface area contributed by atoms with E-state index in [1.807, 2.05) is 48.5 Å². The molecule has 2 heterocycles. The molecule has 0 atom stereocenters. The summed E-state index contributed by atoms with van der Waals surface area (Å²) in [5, 5.41) is 1.81. The molecule has 2 aromatic heterocycles. The van der Waals surface area contributed by atoms with Crippen molar-refractivity contribution in [3.63, 3.8) is 0 Å². The summed E-state index contributed by atoms with van der Waals surface area (Å²) in [6, 6.07) is 15.2. The predicted molar refractivity (Wildman–Crippen MR) is 247 cm³/mol. The van der Waals surface area contributed by atoms with Gasteiger partial charge in [0, 0.05) is 33.4 Å². The third kappa shape index (κ3) is 4.83. The second-order valence-corrected chi connectivity index (χ2v) is 13.3. The van der Waals surface area contributed by atoms with Gasteiger partial charge in [-0.3, -0.25) is 0 Å². The molecule has 0 aliphatic carbocycles. The number of benzene rings is 6. The Morgan fingerprint density at radius 1 is 0.222 bits per heavy atom. The van der Waals surface area contributed by atoms with Gasteiger partial charge in [0.15, 0.2) is 0 Å². The van der Waals surface area contributed by atoms with Crippen molar-refractivity contribution in [3.8, 4) is 22.5 Å². The molecule has 0 N–H and O–H groups in total. The molecule has 54 heavy (non-hydrogen) atoms. The van der Waals surface area contributed by atoms with Crippen LogP contribution in [-0.2, 0) is 0 Å². The third-order valence-electron chi connectivity index (χ3n) is 10.5. The Labute approximate surface area is 335 Å². The molecule has 0 aliphatic rings. The van der Waals surface area contributed by atoms with Crippen molar-refractivity contribution in [2.75, 3.05) is 0 Å². The summed E-state index contributed by atoms with van der Waals surface area (Å²) >= 11 is 0. The van der Waals surface area contributed by atoms with Gasteiger partial charge in [-0.15, -0.1) is 43.7 Å². The molecule has 0 aliphatic heterocycles. The van der Waals surface area contributed by atoms with E-state index in [0.717, 1.165) is 11.1 Å². The van der Waals surface area contributed by atoms with E-state index in [0.29, 0.717) is 55.0 Å². The van der Waals surface area contributed by atoms with E-state index in [2.05, 4.69) is 0 Å². The summed E-state index contributed by atoms with van der Waals surface area (Å²) in [7, 11) is 103. The van der Waals surface area contributed by atoms with Crippen LogP contribution in [0.2, 0.25) is 0 Å². The molecule has 0 bridgehead atoms. The highest BCUT2D eigenvalue weighted by Gasteiger charge is 2.24. The first-order valence-corrected chi connectivity index (χ1v) is 16.4. The van der Waals surface area contributed by atoms with Gasteiger partial charge in [-0.1, -0.05) is 68.0 Å². The minimum absolute atomic E-state index is 0.115. The van der Waals surface area contributed by atoms with Crippen LogP contribution in [0.1, 0.15) is 0 Å². The van der Waals surface area contributed by atoms with Gasteiger partial charge in [0.05, 0.1) is 0 Å². The summed E-state index contributed by atoms with van der Waals surface area (Å²) < 4.78 is 3.60. The fourth-order valence-electron chi connectivity index (χ4n) is 7.55. The van der Waals surface area contributed by atoms with Crippen molar-refractivity contribution >= 4 is 257 Å². The first-order valence-electron chi connectivity index (χ1n) is 16.4. The van der Waals surface area contributed by atoms with Crippen molar-refractivity contribution in [3.05, 3.63) is 48.5 Å². The van der Waals surface area contributed by atoms with Crippen molar-refractivity contribution < 1.29 is 0 Å². The monoisotopic (exact) mass is 644 g/mol. The second-order valence-electron chi connectivity index (χ2n) is 13.3.